The maximum Gasteiger partial charge on any atom is 0.339 e. The van der Waals surface area contributed by atoms with Gasteiger partial charge in [-0.3, -0.25) is 4.90 Å². The number of hydrogen-bond acceptors (Lipinski definition) is 4. The van der Waals surface area contributed by atoms with E-state index in [1.807, 2.05) is 0 Å². The molecule has 148 valence electrons. The minimum absolute atomic E-state index is 0.344. The molecule has 1 N–H and O–H groups in total. The first-order chi connectivity index (χ1) is 13.0. The van der Waals surface area contributed by atoms with Crippen LogP contribution in [0.1, 0.15) is 62.7 Å². The van der Waals surface area contributed by atoms with Crippen molar-refractivity contribution in [1.29, 1.82) is 0 Å². The zero-order chi connectivity index (χ0) is 19.0. The lowest BCUT2D eigenvalue weighted by molar-refractivity contribution is -0.0369. The highest BCUT2D eigenvalue weighted by atomic mass is 16.4. The summed E-state index contributed by atoms with van der Waals surface area (Å²) in [5.74, 6) is 1.81. The van der Waals surface area contributed by atoms with Crippen molar-refractivity contribution in [3.8, 4) is 0 Å². The second-order valence-corrected chi connectivity index (χ2v) is 9.18. The van der Waals surface area contributed by atoms with Crippen LogP contribution in [0.3, 0.4) is 0 Å². The molecular formula is C22H33N3O2. The van der Waals surface area contributed by atoms with Gasteiger partial charge >= 0.3 is 5.97 Å². The van der Waals surface area contributed by atoms with Crippen LogP contribution in [0.4, 0.5) is 5.82 Å². The predicted octanol–water partition coefficient (Wildman–Crippen LogP) is 3.90. The van der Waals surface area contributed by atoms with E-state index in [0.717, 1.165) is 19.0 Å². The molecule has 3 saturated heterocycles. The molecule has 0 radical (unpaired) electrons. The van der Waals surface area contributed by atoms with Gasteiger partial charge in [0.1, 0.15) is 11.4 Å². The largest absolute Gasteiger partial charge is 0.478 e. The Morgan fingerprint density at radius 3 is 2.89 bits per heavy atom. The highest BCUT2D eigenvalue weighted by Gasteiger charge is 2.47. The molecule has 0 unspecified atom stereocenters. The van der Waals surface area contributed by atoms with E-state index in [9.17, 15) is 9.90 Å². The summed E-state index contributed by atoms with van der Waals surface area (Å²) in [4.78, 5) is 21.3. The number of pyridine rings is 1. The number of carboxylic acid groups (broad SMARTS) is 1. The number of aromatic carboxylic acids is 1. The molecule has 0 amide bonds. The summed E-state index contributed by atoms with van der Waals surface area (Å²) in [7, 11) is 0. The molecule has 4 atom stereocenters. The summed E-state index contributed by atoms with van der Waals surface area (Å²) < 4.78 is 0. The van der Waals surface area contributed by atoms with Gasteiger partial charge in [-0.1, -0.05) is 20.3 Å². The number of nitrogens with zero attached hydrogens (tertiary/aromatic N) is 3. The van der Waals surface area contributed by atoms with Crippen LogP contribution in [-0.4, -0.2) is 52.7 Å². The van der Waals surface area contributed by atoms with Crippen LogP contribution in [0.2, 0.25) is 0 Å². The maximum atomic E-state index is 11.7. The Morgan fingerprint density at radius 1 is 1.30 bits per heavy atom. The molecule has 5 nitrogen and oxygen atoms in total. The van der Waals surface area contributed by atoms with Gasteiger partial charge in [0.25, 0.3) is 0 Å². The third-order valence-electron chi connectivity index (χ3n) is 6.98. The Kier molecular flexibility index (Phi) is 5.40. The minimum atomic E-state index is -0.871. The van der Waals surface area contributed by atoms with Crippen LogP contribution < -0.4 is 4.90 Å². The molecule has 3 aliphatic heterocycles. The van der Waals surface area contributed by atoms with Crippen molar-refractivity contribution >= 4 is 11.8 Å². The van der Waals surface area contributed by atoms with Crippen LogP contribution in [-0.2, 0) is 0 Å². The van der Waals surface area contributed by atoms with E-state index in [4.69, 9.17) is 0 Å². The lowest BCUT2D eigenvalue weighted by Crippen LogP contribution is -2.63. The fourth-order valence-electron chi connectivity index (χ4n) is 5.80. The topological polar surface area (TPSA) is 56.7 Å². The van der Waals surface area contributed by atoms with Crippen LogP contribution in [0.15, 0.2) is 18.3 Å². The monoisotopic (exact) mass is 371 g/mol. The van der Waals surface area contributed by atoms with Gasteiger partial charge < -0.3 is 10.0 Å². The SMILES string of the molecule is CC(C)CC[C@H]1[C@H]2C[C@H](CN(c3ncccc3C(=O)O)C2)[C@@H]2CCCCN21. The number of carbonyl (C=O) groups is 1. The van der Waals surface area contributed by atoms with Gasteiger partial charge in [-0.05, 0) is 68.5 Å². The fraction of sp³-hybridized carbons (Fsp3) is 0.727. The quantitative estimate of drug-likeness (QED) is 0.851. The molecule has 0 saturated carbocycles. The molecule has 3 fully saturated rings. The third kappa shape index (κ3) is 3.71. The second kappa shape index (κ2) is 7.78. The molecule has 0 aliphatic carbocycles. The van der Waals surface area contributed by atoms with Gasteiger partial charge in [-0.2, -0.15) is 0 Å². The Hall–Kier alpha value is -1.62. The zero-order valence-electron chi connectivity index (χ0n) is 16.7. The van der Waals surface area contributed by atoms with Gasteiger partial charge in [0.15, 0.2) is 0 Å². The number of hydrogen-bond donors (Lipinski definition) is 1. The number of carboxylic acids is 1. The summed E-state index contributed by atoms with van der Waals surface area (Å²) in [6, 6.07) is 4.74. The molecular weight excluding hydrogens is 338 g/mol. The molecule has 5 heteroatoms. The third-order valence-corrected chi connectivity index (χ3v) is 6.98. The molecule has 4 rings (SSSR count). The summed E-state index contributed by atoms with van der Waals surface area (Å²) in [5.41, 5.74) is 0.344. The fourth-order valence-corrected chi connectivity index (χ4v) is 5.80. The number of aromatic nitrogens is 1. The van der Waals surface area contributed by atoms with Crippen LogP contribution in [0.5, 0.6) is 0 Å². The average molecular weight is 372 g/mol. The normalized spacial score (nSPS) is 31.0. The first-order valence-electron chi connectivity index (χ1n) is 10.7. The smallest absolute Gasteiger partial charge is 0.339 e. The van der Waals surface area contributed by atoms with E-state index in [0.29, 0.717) is 35.3 Å². The second-order valence-electron chi connectivity index (χ2n) is 9.18. The minimum Gasteiger partial charge on any atom is -0.478 e. The Bertz CT molecular complexity index is 677. The van der Waals surface area contributed by atoms with Gasteiger partial charge in [-0.25, -0.2) is 9.78 Å². The highest BCUT2D eigenvalue weighted by molar-refractivity contribution is 5.93. The lowest BCUT2D eigenvalue weighted by atomic mass is 9.71. The van der Waals surface area contributed by atoms with Crippen molar-refractivity contribution in [3.05, 3.63) is 23.9 Å². The molecule has 0 aromatic carbocycles. The van der Waals surface area contributed by atoms with Crippen LogP contribution in [0, 0.1) is 17.8 Å². The molecule has 2 bridgehead atoms. The van der Waals surface area contributed by atoms with E-state index in [1.165, 1.54) is 45.1 Å². The van der Waals surface area contributed by atoms with Gasteiger partial charge in [0.05, 0.1) is 0 Å². The average Bonchev–Trinajstić information content (AvgIpc) is 2.67. The zero-order valence-corrected chi connectivity index (χ0v) is 16.7. The standard InChI is InChI=1S/C22H33N3O2/c1-15(2)8-9-20-17-12-16(19-7-3-4-11-25(19)20)13-24(14-17)21-18(22(26)27)6-5-10-23-21/h5-6,10,15-17,19-20H,3-4,7-9,11-14H2,1-2H3,(H,26,27)/t16-,17+,19+,20+/m1/s1. The maximum absolute atomic E-state index is 11.7. The summed E-state index contributed by atoms with van der Waals surface area (Å²) >= 11 is 0. The van der Waals surface area contributed by atoms with Crippen molar-refractivity contribution in [2.75, 3.05) is 24.5 Å². The molecule has 1 aromatic rings. The van der Waals surface area contributed by atoms with Crippen molar-refractivity contribution in [2.24, 2.45) is 17.8 Å². The van der Waals surface area contributed by atoms with Gasteiger partial charge in [-0.15, -0.1) is 0 Å². The Balaban J connectivity index is 1.61. The Morgan fingerprint density at radius 2 is 2.11 bits per heavy atom. The summed E-state index contributed by atoms with van der Waals surface area (Å²) in [6.45, 7) is 7.79. The van der Waals surface area contributed by atoms with Gasteiger partial charge in [0.2, 0.25) is 0 Å². The van der Waals surface area contributed by atoms with Crippen molar-refractivity contribution in [1.82, 2.24) is 9.88 Å². The van der Waals surface area contributed by atoms with Crippen molar-refractivity contribution in [2.45, 2.75) is 64.5 Å². The van der Waals surface area contributed by atoms with E-state index >= 15 is 0 Å². The molecule has 0 spiro atoms. The highest BCUT2D eigenvalue weighted by Crippen LogP contribution is 2.43. The van der Waals surface area contributed by atoms with Gasteiger partial charge in [0, 0.05) is 31.4 Å². The summed E-state index contributed by atoms with van der Waals surface area (Å²) in [6.07, 6.45) is 9.55. The van der Waals surface area contributed by atoms with Crippen LogP contribution in [0.25, 0.3) is 0 Å². The molecule has 1 aromatic heterocycles. The number of piperidine rings is 3. The van der Waals surface area contributed by atoms with E-state index in [-0.39, 0.29) is 0 Å². The van der Waals surface area contributed by atoms with E-state index in [2.05, 4.69) is 28.6 Å². The lowest BCUT2D eigenvalue weighted by Gasteiger charge is -2.57. The molecule has 4 heterocycles. The Labute approximate surface area is 162 Å². The predicted molar refractivity (Wildman–Crippen MR) is 107 cm³/mol. The summed E-state index contributed by atoms with van der Waals surface area (Å²) in [5, 5.41) is 9.61. The first-order valence-corrected chi connectivity index (χ1v) is 10.7. The first kappa shape index (κ1) is 18.7. The van der Waals surface area contributed by atoms with Crippen LogP contribution >= 0.6 is 0 Å². The number of anilines is 1. The number of fused-ring (bicyclic) bond motifs is 4. The molecule has 3 aliphatic rings. The van der Waals surface area contributed by atoms with Crippen molar-refractivity contribution in [3.63, 3.8) is 0 Å². The van der Waals surface area contributed by atoms with Crippen molar-refractivity contribution < 1.29 is 9.90 Å². The van der Waals surface area contributed by atoms with E-state index < -0.39 is 5.97 Å². The molecule has 27 heavy (non-hydrogen) atoms. The van der Waals surface area contributed by atoms with E-state index in [1.54, 1.807) is 18.3 Å². The number of rotatable bonds is 5.